The predicted molar refractivity (Wildman–Crippen MR) is 170 cm³/mol. The SMILES string of the molecule is CCN(C(=O)c1cc(F)ccc1Oc1cncnc1N1CC2=C(CN(C(=O)[C@](C)(Cc3ccccc3)NC(=O)OC)C2)C1)C(C)C. The van der Waals surface area contributed by atoms with Crippen LogP contribution in [0.1, 0.15) is 43.6 Å². The van der Waals surface area contributed by atoms with E-state index in [1.54, 1.807) is 16.7 Å². The van der Waals surface area contributed by atoms with Crippen molar-refractivity contribution in [3.8, 4) is 11.5 Å². The highest BCUT2D eigenvalue weighted by molar-refractivity contribution is 5.97. The van der Waals surface area contributed by atoms with Crippen LogP contribution in [0, 0.1) is 5.82 Å². The maximum absolute atomic E-state index is 14.3. The summed E-state index contributed by atoms with van der Waals surface area (Å²) >= 11 is 0. The van der Waals surface area contributed by atoms with Crippen LogP contribution >= 0.6 is 0 Å². The van der Waals surface area contributed by atoms with Gasteiger partial charge in [0.05, 0.1) is 18.9 Å². The van der Waals surface area contributed by atoms with Crippen LogP contribution in [0.15, 0.2) is 72.2 Å². The zero-order chi connectivity index (χ0) is 33.0. The number of nitrogens with zero attached hydrogens (tertiary/aromatic N) is 5. The number of hydrogen-bond donors (Lipinski definition) is 1. The van der Waals surface area contributed by atoms with Gasteiger partial charge in [-0.05, 0) is 62.6 Å². The third-order valence-corrected chi connectivity index (χ3v) is 8.33. The Morgan fingerprint density at radius 1 is 1.04 bits per heavy atom. The quantitative estimate of drug-likeness (QED) is 0.323. The number of carbonyl (C=O) groups is 3. The topological polar surface area (TPSA) is 117 Å². The molecule has 2 aromatic carbocycles. The van der Waals surface area contributed by atoms with Gasteiger partial charge in [-0.1, -0.05) is 30.3 Å². The lowest BCUT2D eigenvalue weighted by molar-refractivity contribution is -0.136. The van der Waals surface area contributed by atoms with Gasteiger partial charge in [-0.25, -0.2) is 19.2 Å². The van der Waals surface area contributed by atoms with E-state index in [2.05, 4.69) is 15.3 Å². The summed E-state index contributed by atoms with van der Waals surface area (Å²) in [4.78, 5) is 53.6. The number of halogens is 1. The van der Waals surface area contributed by atoms with Crippen molar-refractivity contribution < 1.29 is 28.2 Å². The molecule has 0 aliphatic carbocycles. The van der Waals surface area contributed by atoms with Gasteiger partial charge in [0.1, 0.15) is 23.4 Å². The van der Waals surface area contributed by atoms with E-state index < -0.39 is 17.4 Å². The molecule has 0 saturated carbocycles. The number of ether oxygens (including phenoxy) is 2. The molecule has 3 heterocycles. The molecule has 1 atom stereocenters. The molecule has 1 aromatic heterocycles. The number of aromatic nitrogens is 2. The number of hydrogen-bond acceptors (Lipinski definition) is 8. The first-order valence-electron chi connectivity index (χ1n) is 15.3. The second kappa shape index (κ2) is 13.6. The number of benzene rings is 2. The Bertz CT molecular complexity index is 1630. The fourth-order valence-corrected chi connectivity index (χ4v) is 6.07. The number of nitrogens with one attached hydrogen (secondary N) is 1. The molecule has 46 heavy (non-hydrogen) atoms. The van der Waals surface area contributed by atoms with Gasteiger partial charge in [0.25, 0.3) is 5.91 Å². The number of carbonyl (C=O) groups excluding carboxylic acids is 3. The Morgan fingerprint density at radius 2 is 1.74 bits per heavy atom. The highest BCUT2D eigenvalue weighted by atomic mass is 19.1. The monoisotopic (exact) mass is 630 g/mol. The van der Waals surface area contributed by atoms with Crippen molar-refractivity contribution in [2.45, 2.75) is 45.7 Å². The number of amides is 3. The first-order chi connectivity index (χ1) is 22.0. The molecule has 2 aliphatic heterocycles. The van der Waals surface area contributed by atoms with Crippen LogP contribution in [0.4, 0.5) is 15.0 Å². The average Bonchev–Trinajstić information content (AvgIpc) is 3.62. The van der Waals surface area contributed by atoms with E-state index in [-0.39, 0.29) is 29.2 Å². The summed E-state index contributed by atoms with van der Waals surface area (Å²) in [6.07, 6.45) is 2.57. The smallest absolute Gasteiger partial charge is 0.407 e. The Labute approximate surface area is 268 Å². The normalized spacial score (nSPS) is 15.5. The second-order valence-electron chi connectivity index (χ2n) is 12.0. The summed E-state index contributed by atoms with van der Waals surface area (Å²) in [5.74, 6) is -0.0393. The van der Waals surface area contributed by atoms with Gasteiger partial charge in [0.2, 0.25) is 5.91 Å². The largest absolute Gasteiger partial charge is 0.453 e. The standard InChI is InChI=1S/C34H39FN6O5/c1-6-41(22(2)3)31(42)27-14-26(35)12-13-28(27)46-29-16-36-21-37-30(29)39-17-24-19-40(20-25(24)18-39)32(43)34(4,38-33(44)45-5)15-23-10-8-7-9-11-23/h7-14,16,21-22H,6,15,17-20H2,1-5H3,(H,38,44)/t34-/m0/s1. The minimum atomic E-state index is -1.21. The summed E-state index contributed by atoms with van der Waals surface area (Å²) in [7, 11) is 1.27. The lowest BCUT2D eigenvalue weighted by atomic mass is 9.91. The van der Waals surface area contributed by atoms with Gasteiger partial charge in [-0.3, -0.25) is 9.59 Å². The fraction of sp³-hybridized carbons (Fsp3) is 0.382. The third kappa shape index (κ3) is 6.80. The van der Waals surface area contributed by atoms with E-state index in [0.29, 0.717) is 50.7 Å². The van der Waals surface area contributed by atoms with E-state index in [0.717, 1.165) is 16.7 Å². The molecule has 0 bridgehead atoms. The predicted octanol–water partition coefficient (Wildman–Crippen LogP) is 4.59. The summed E-state index contributed by atoms with van der Waals surface area (Å²) in [5, 5.41) is 2.77. The van der Waals surface area contributed by atoms with E-state index >= 15 is 0 Å². The lowest BCUT2D eigenvalue weighted by Gasteiger charge is -2.34. The van der Waals surface area contributed by atoms with Crippen molar-refractivity contribution in [2.24, 2.45) is 0 Å². The van der Waals surface area contributed by atoms with Crippen LogP contribution in [-0.2, 0) is 16.0 Å². The first kappa shape index (κ1) is 32.4. The van der Waals surface area contributed by atoms with Crippen LogP contribution in [0.5, 0.6) is 11.5 Å². The van der Waals surface area contributed by atoms with Gasteiger partial charge >= 0.3 is 6.09 Å². The summed E-state index contributed by atoms with van der Waals surface area (Å²) in [6.45, 7) is 9.65. The maximum Gasteiger partial charge on any atom is 0.407 e. The van der Waals surface area contributed by atoms with Gasteiger partial charge < -0.3 is 29.5 Å². The van der Waals surface area contributed by atoms with Crippen molar-refractivity contribution in [3.05, 3.63) is 89.1 Å². The van der Waals surface area contributed by atoms with E-state index in [4.69, 9.17) is 9.47 Å². The van der Waals surface area contributed by atoms with Crippen LogP contribution in [0.3, 0.4) is 0 Å². The molecule has 0 fully saturated rings. The zero-order valence-electron chi connectivity index (χ0n) is 26.7. The summed E-state index contributed by atoms with van der Waals surface area (Å²) < 4.78 is 25.4. The number of anilines is 1. The molecule has 0 spiro atoms. The Hall–Kier alpha value is -5.00. The molecule has 0 saturated heterocycles. The highest BCUT2D eigenvalue weighted by Crippen LogP contribution is 2.37. The molecule has 5 rings (SSSR count). The van der Waals surface area contributed by atoms with Gasteiger partial charge in [0, 0.05) is 45.2 Å². The molecule has 3 amide bonds. The summed E-state index contributed by atoms with van der Waals surface area (Å²) in [6, 6.07) is 13.3. The highest BCUT2D eigenvalue weighted by Gasteiger charge is 2.42. The van der Waals surface area contributed by atoms with E-state index in [9.17, 15) is 18.8 Å². The molecule has 0 radical (unpaired) electrons. The first-order valence-corrected chi connectivity index (χ1v) is 15.3. The molecular weight excluding hydrogens is 591 g/mol. The second-order valence-corrected chi connectivity index (χ2v) is 12.0. The van der Waals surface area contributed by atoms with E-state index in [1.165, 1.54) is 37.8 Å². The molecule has 2 aliphatic rings. The van der Waals surface area contributed by atoms with Crippen LogP contribution in [0.2, 0.25) is 0 Å². The minimum Gasteiger partial charge on any atom is -0.453 e. The molecule has 11 nitrogen and oxygen atoms in total. The Kier molecular flexibility index (Phi) is 9.54. The molecule has 1 N–H and O–H groups in total. The zero-order valence-corrected chi connectivity index (χ0v) is 26.7. The van der Waals surface area contributed by atoms with Crippen molar-refractivity contribution >= 4 is 23.7 Å². The van der Waals surface area contributed by atoms with Crippen molar-refractivity contribution in [1.82, 2.24) is 25.1 Å². The van der Waals surface area contributed by atoms with Crippen LogP contribution < -0.4 is 15.0 Å². The lowest BCUT2D eigenvalue weighted by Crippen LogP contribution is -2.59. The number of alkyl carbamates (subject to hydrolysis) is 1. The Morgan fingerprint density at radius 3 is 2.37 bits per heavy atom. The van der Waals surface area contributed by atoms with Crippen molar-refractivity contribution in [3.63, 3.8) is 0 Å². The van der Waals surface area contributed by atoms with Crippen molar-refractivity contribution in [1.29, 1.82) is 0 Å². The maximum atomic E-state index is 14.3. The van der Waals surface area contributed by atoms with Crippen molar-refractivity contribution in [2.75, 3.05) is 44.7 Å². The minimum absolute atomic E-state index is 0.0822. The van der Waals surface area contributed by atoms with Gasteiger partial charge in [-0.2, -0.15) is 0 Å². The number of methoxy groups -OCH3 is 1. The molecular formula is C34H39FN6O5. The van der Waals surface area contributed by atoms with Crippen LogP contribution in [-0.4, -0.2) is 89.1 Å². The fourth-order valence-electron chi connectivity index (χ4n) is 6.07. The van der Waals surface area contributed by atoms with E-state index in [1.807, 2.05) is 56.0 Å². The molecule has 12 heteroatoms. The van der Waals surface area contributed by atoms with Crippen LogP contribution in [0.25, 0.3) is 0 Å². The third-order valence-electron chi connectivity index (χ3n) is 8.33. The number of rotatable bonds is 10. The van der Waals surface area contributed by atoms with Gasteiger partial charge in [-0.15, -0.1) is 0 Å². The summed E-state index contributed by atoms with van der Waals surface area (Å²) in [5.41, 5.74) is 1.96. The molecule has 242 valence electrons. The molecule has 3 aromatic rings. The molecule has 0 unspecified atom stereocenters. The Balaban J connectivity index is 1.31. The average molecular weight is 631 g/mol. The van der Waals surface area contributed by atoms with Gasteiger partial charge in [0.15, 0.2) is 11.6 Å².